The maximum Gasteiger partial charge on any atom is 0.246 e. The topological polar surface area (TPSA) is 77.6 Å². The van der Waals surface area contributed by atoms with Crippen LogP contribution in [-0.4, -0.2) is 53.9 Å². The van der Waals surface area contributed by atoms with E-state index in [-0.39, 0.29) is 23.5 Å². The van der Waals surface area contributed by atoms with Crippen molar-refractivity contribution in [3.8, 4) is 17.1 Å². The monoisotopic (exact) mass is 392 g/mol. The Bertz CT molecular complexity index is 1110. The predicted molar refractivity (Wildman–Crippen MR) is 107 cm³/mol. The molecular formula is C21H24N6O2. The van der Waals surface area contributed by atoms with E-state index in [2.05, 4.69) is 30.6 Å². The molecule has 3 atom stereocenters. The van der Waals surface area contributed by atoms with E-state index in [0.29, 0.717) is 11.8 Å². The largest absolute Gasteiger partial charge is 0.472 e. The maximum absolute atomic E-state index is 12.2. The van der Waals surface area contributed by atoms with Crippen LogP contribution in [0.3, 0.4) is 0 Å². The number of fused-ring (bicyclic) bond motifs is 2. The van der Waals surface area contributed by atoms with Gasteiger partial charge in [-0.2, -0.15) is 10.2 Å². The third-order valence-corrected chi connectivity index (χ3v) is 6.38. The van der Waals surface area contributed by atoms with Gasteiger partial charge in [0.2, 0.25) is 11.8 Å². The fraction of sp³-hybridized carbons (Fsp3) is 0.429. The van der Waals surface area contributed by atoms with Gasteiger partial charge in [0.05, 0.1) is 24.3 Å². The number of ether oxygens (including phenoxy) is 1. The average Bonchev–Trinajstić information content (AvgIpc) is 3.43. The summed E-state index contributed by atoms with van der Waals surface area (Å²) in [6.45, 7) is 8.71. The number of carbonyl (C=O) groups is 1. The highest BCUT2D eigenvalue weighted by molar-refractivity contribution is 5.87. The van der Waals surface area contributed by atoms with Crippen LogP contribution in [0.4, 0.5) is 0 Å². The lowest BCUT2D eigenvalue weighted by molar-refractivity contribution is -0.152. The molecule has 1 aliphatic heterocycles. The fourth-order valence-electron chi connectivity index (χ4n) is 5.09. The molecule has 8 heteroatoms. The van der Waals surface area contributed by atoms with E-state index in [9.17, 15) is 4.79 Å². The van der Waals surface area contributed by atoms with Gasteiger partial charge in [-0.15, -0.1) is 0 Å². The van der Waals surface area contributed by atoms with Crippen LogP contribution in [0.1, 0.15) is 20.3 Å². The molecule has 4 heterocycles. The summed E-state index contributed by atoms with van der Waals surface area (Å²) in [6.07, 6.45) is 9.63. The molecule has 3 unspecified atom stereocenters. The van der Waals surface area contributed by atoms with Crippen molar-refractivity contribution < 1.29 is 9.53 Å². The Labute approximate surface area is 168 Å². The van der Waals surface area contributed by atoms with Gasteiger partial charge in [-0.05, 0) is 18.6 Å². The second-order valence-corrected chi connectivity index (χ2v) is 8.49. The molecule has 1 aliphatic carbocycles. The van der Waals surface area contributed by atoms with Gasteiger partial charge >= 0.3 is 0 Å². The Hall–Kier alpha value is -3.16. The van der Waals surface area contributed by atoms with E-state index in [1.807, 2.05) is 30.4 Å². The second kappa shape index (κ2) is 6.17. The van der Waals surface area contributed by atoms with Crippen LogP contribution in [0.5, 0.6) is 5.88 Å². The summed E-state index contributed by atoms with van der Waals surface area (Å²) in [5.74, 6) is 0.855. The van der Waals surface area contributed by atoms with E-state index < -0.39 is 0 Å². The fourth-order valence-corrected chi connectivity index (χ4v) is 5.09. The number of likely N-dealkylation sites (tertiary alicyclic amines) is 1. The number of amides is 1. The van der Waals surface area contributed by atoms with E-state index in [1.165, 1.54) is 6.08 Å². The lowest BCUT2D eigenvalue weighted by Crippen LogP contribution is -2.66. The van der Waals surface area contributed by atoms with Gasteiger partial charge in [0, 0.05) is 42.7 Å². The van der Waals surface area contributed by atoms with Gasteiger partial charge in [-0.25, -0.2) is 9.50 Å². The van der Waals surface area contributed by atoms with Crippen LogP contribution in [0.25, 0.3) is 16.8 Å². The van der Waals surface area contributed by atoms with Crippen molar-refractivity contribution in [2.75, 3.05) is 6.54 Å². The number of hydrogen-bond donors (Lipinski definition) is 0. The highest BCUT2D eigenvalue weighted by Gasteiger charge is 2.63. The molecule has 150 valence electrons. The van der Waals surface area contributed by atoms with E-state index in [0.717, 1.165) is 29.7 Å². The van der Waals surface area contributed by atoms with Crippen molar-refractivity contribution in [2.45, 2.75) is 32.4 Å². The van der Waals surface area contributed by atoms with Crippen LogP contribution in [-0.2, 0) is 11.8 Å². The molecule has 0 bridgehead atoms. The van der Waals surface area contributed by atoms with Crippen molar-refractivity contribution in [1.29, 1.82) is 0 Å². The van der Waals surface area contributed by atoms with Gasteiger partial charge in [-0.3, -0.25) is 9.48 Å². The molecule has 8 nitrogen and oxygen atoms in total. The molecule has 0 spiro atoms. The number of carbonyl (C=O) groups excluding carboxylic acids is 1. The molecule has 0 aromatic carbocycles. The van der Waals surface area contributed by atoms with Crippen LogP contribution < -0.4 is 4.74 Å². The summed E-state index contributed by atoms with van der Waals surface area (Å²) >= 11 is 0. The molecule has 29 heavy (non-hydrogen) atoms. The van der Waals surface area contributed by atoms with E-state index in [1.54, 1.807) is 21.6 Å². The summed E-state index contributed by atoms with van der Waals surface area (Å²) in [7, 11) is 1.88. The first-order valence-corrected chi connectivity index (χ1v) is 9.83. The van der Waals surface area contributed by atoms with Crippen LogP contribution in [0, 0.1) is 11.3 Å². The van der Waals surface area contributed by atoms with Gasteiger partial charge in [0.15, 0.2) is 0 Å². The lowest BCUT2D eigenvalue weighted by atomic mass is 9.57. The number of aryl methyl sites for hydroxylation is 1. The number of aromatic nitrogens is 5. The minimum atomic E-state index is -0.178. The Morgan fingerprint density at radius 3 is 2.90 bits per heavy atom. The zero-order valence-electron chi connectivity index (χ0n) is 16.8. The van der Waals surface area contributed by atoms with Crippen molar-refractivity contribution in [1.82, 2.24) is 29.3 Å². The molecule has 1 saturated carbocycles. The van der Waals surface area contributed by atoms with E-state index >= 15 is 0 Å². The van der Waals surface area contributed by atoms with Crippen molar-refractivity contribution in [3.63, 3.8) is 0 Å². The smallest absolute Gasteiger partial charge is 0.246 e. The van der Waals surface area contributed by atoms with Crippen molar-refractivity contribution >= 4 is 11.4 Å². The summed E-state index contributed by atoms with van der Waals surface area (Å²) < 4.78 is 10.1. The average molecular weight is 392 g/mol. The summed E-state index contributed by atoms with van der Waals surface area (Å²) in [6, 6.07) is 2.07. The number of rotatable bonds is 4. The SMILES string of the molecule is C=CC(=O)N1CCC2C(Oc3nc(-c4cnn(C)c4)cn4nccc34)C(C)(C)C21. The summed E-state index contributed by atoms with van der Waals surface area (Å²) in [4.78, 5) is 19.0. The highest BCUT2D eigenvalue weighted by Crippen LogP contribution is 2.55. The van der Waals surface area contributed by atoms with Crippen LogP contribution in [0.15, 0.2) is 43.5 Å². The Morgan fingerprint density at radius 2 is 2.17 bits per heavy atom. The quantitative estimate of drug-likeness (QED) is 0.637. The van der Waals surface area contributed by atoms with Gasteiger partial charge in [0.25, 0.3) is 0 Å². The van der Waals surface area contributed by atoms with Gasteiger partial charge in [-0.1, -0.05) is 20.4 Å². The van der Waals surface area contributed by atoms with Crippen LogP contribution in [0.2, 0.25) is 0 Å². The Balaban J connectivity index is 1.49. The molecule has 0 radical (unpaired) electrons. The molecule has 2 aliphatic rings. The normalized spacial score (nSPS) is 24.9. The minimum absolute atomic E-state index is 0.00101. The molecule has 3 aromatic heterocycles. The van der Waals surface area contributed by atoms with Gasteiger partial charge < -0.3 is 9.64 Å². The molecular weight excluding hydrogens is 368 g/mol. The van der Waals surface area contributed by atoms with Crippen LogP contribution >= 0.6 is 0 Å². The second-order valence-electron chi connectivity index (χ2n) is 8.49. The molecule has 1 amide bonds. The number of hydrogen-bond acceptors (Lipinski definition) is 5. The first-order valence-electron chi connectivity index (χ1n) is 9.83. The standard InChI is InChI=1S/C21H24N6O2/c1-5-17(28)26-9-7-14-18(26)21(2,3)19(14)29-20-16-6-8-22-27(16)12-15(24-20)13-10-23-25(4)11-13/h5-6,8,10-12,14,18-19H,1,7,9H2,2-4H3. The maximum atomic E-state index is 12.2. The summed E-state index contributed by atoms with van der Waals surface area (Å²) in [5, 5.41) is 8.62. The zero-order valence-corrected chi connectivity index (χ0v) is 16.8. The van der Waals surface area contributed by atoms with Crippen molar-refractivity contribution in [3.05, 3.63) is 43.5 Å². The van der Waals surface area contributed by atoms with E-state index in [4.69, 9.17) is 9.72 Å². The van der Waals surface area contributed by atoms with Gasteiger partial charge in [0.1, 0.15) is 11.6 Å². The molecule has 0 N–H and O–H groups in total. The highest BCUT2D eigenvalue weighted by atomic mass is 16.5. The zero-order chi connectivity index (χ0) is 20.3. The predicted octanol–water partition coefficient (Wildman–Crippen LogP) is 2.32. The molecule has 1 saturated heterocycles. The first kappa shape index (κ1) is 17.9. The lowest BCUT2D eigenvalue weighted by Gasteiger charge is -2.56. The summed E-state index contributed by atoms with van der Waals surface area (Å²) in [5.41, 5.74) is 2.31. The first-order chi connectivity index (χ1) is 13.9. The third-order valence-electron chi connectivity index (χ3n) is 6.38. The minimum Gasteiger partial charge on any atom is -0.472 e. The Morgan fingerprint density at radius 1 is 1.34 bits per heavy atom. The molecule has 5 rings (SSSR count). The van der Waals surface area contributed by atoms with Crippen molar-refractivity contribution in [2.24, 2.45) is 18.4 Å². The number of nitrogens with zero attached hydrogens (tertiary/aromatic N) is 6. The third kappa shape index (κ3) is 2.58. The molecule has 2 fully saturated rings. The molecule has 3 aromatic rings. The Kier molecular flexibility index (Phi) is 3.81.